The number of ether oxygens (including phenoxy) is 3. The monoisotopic (exact) mass is 326 g/mol. The summed E-state index contributed by atoms with van der Waals surface area (Å²) in [6.07, 6.45) is 0. The van der Waals surface area contributed by atoms with Crippen molar-refractivity contribution in [3.8, 4) is 5.75 Å². The predicted octanol–water partition coefficient (Wildman–Crippen LogP) is 0.840. The lowest BCUT2D eigenvalue weighted by molar-refractivity contribution is -0.385. The fourth-order valence-electron chi connectivity index (χ4n) is 1.66. The number of nitro benzene ring substituents is 1. The molecular formula is C14H18N2O7. The highest BCUT2D eigenvalue weighted by atomic mass is 16.6. The van der Waals surface area contributed by atoms with Crippen LogP contribution in [0, 0.1) is 10.1 Å². The number of carbonyl (C=O) groups excluding carboxylic acids is 1. The summed E-state index contributed by atoms with van der Waals surface area (Å²) in [4.78, 5) is 25.3. The molecule has 1 aromatic rings. The molecule has 0 aliphatic carbocycles. The second-order valence-electron chi connectivity index (χ2n) is 4.17. The number of amides is 1. The van der Waals surface area contributed by atoms with E-state index in [1.54, 1.807) is 0 Å². The van der Waals surface area contributed by atoms with Crippen LogP contribution < -0.4 is 4.74 Å². The molecule has 9 heteroatoms. The summed E-state index contributed by atoms with van der Waals surface area (Å²) >= 11 is 0. The van der Waals surface area contributed by atoms with Crippen molar-refractivity contribution < 1.29 is 29.0 Å². The van der Waals surface area contributed by atoms with Crippen LogP contribution in [0.4, 0.5) is 5.69 Å². The van der Waals surface area contributed by atoms with Crippen molar-refractivity contribution in [2.75, 3.05) is 39.6 Å². The molecule has 0 saturated carbocycles. The Kier molecular flexibility index (Phi) is 8.43. The van der Waals surface area contributed by atoms with E-state index in [4.69, 9.17) is 19.3 Å². The first kappa shape index (κ1) is 18.7. The third-order valence-corrected chi connectivity index (χ3v) is 2.65. The van der Waals surface area contributed by atoms with Gasteiger partial charge in [-0.15, -0.1) is 0 Å². The van der Waals surface area contributed by atoms with Gasteiger partial charge in [-0.1, -0.05) is 6.07 Å². The molecule has 0 radical (unpaired) electrons. The molecule has 126 valence electrons. The minimum Gasteiger partial charge on any atom is -0.484 e. The zero-order chi connectivity index (χ0) is 17.1. The molecule has 0 atom stereocenters. The number of carbonyl (C=O) groups is 1. The first-order valence-corrected chi connectivity index (χ1v) is 6.79. The summed E-state index contributed by atoms with van der Waals surface area (Å²) in [5.74, 6) is -0.864. The Bertz CT molecular complexity index is 548. The SMILES string of the molecule is C=NC(=O)c1cccc([N+](=O)[O-])c1OCCOCCOCCO. The van der Waals surface area contributed by atoms with E-state index in [1.807, 2.05) is 0 Å². The number of nitrogens with zero attached hydrogens (tertiary/aromatic N) is 2. The topological polar surface area (TPSA) is 120 Å². The highest BCUT2D eigenvalue weighted by molar-refractivity contribution is 6.00. The molecular weight excluding hydrogens is 308 g/mol. The second-order valence-corrected chi connectivity index (χ2v) is 4.17. The van der Waals surface area contributed by atoms with Gasteiger partial charge in [-0.3, -0.25) is 14.9 Å². The quantitative estimate of drug-likeness (QED) is 0.277. The van der Waals surface area contributed by atoms with E-state index in [1.165, 1.54) is 18.2 Å². The number of hydrogen-bond acceptors (Lipinski definition) is 7. The normalized spacial score (nSPS) is 10.3. The molecule has 9 nitrogen and oxygen atoms in total. The molecule has 0 unspecified atom stereocenters. The van der Waals surface area contributed by atoms with Gasteiger partial charge in [-0.05, 0) is 12.8 Å². The van der Waals surface area contributed by atoms with E-state index < -0.39 is 10.8 Å². The minimum atomic E-state index is -0.706. The molecule has 0 heterocycles. The summed E-state index contributed by atoms with van der Waals surface area (Å²) in [7, 11) is 0. The molecule has 0 saturated heterocycles. The van der Waals surface area contributed by atoms with Gasteiger partial charge in [0.1, 0.15) is 6.61 Å². The van der Waals surface area contributed by atoms with Crippen molar-refractivity contribution in [2.24, 2.45) is 4.99 Å². The van der Waals surface area contributed by atoms with Crippen molar-refractivity contribution >= 4 is 18.3 Å². The van der Waals surface area contributed by atoms with Gasteiger partial charge in [0.05, 0.1) is 43.5 Å². The van der Waals surface area contributed by atoms with E-state index in [0.29, 0.717) is 13.2 Å². The highest BCUT2D eigenvalue weighted by Crippen LogP contribution is 2.31. The number of aliphatic imine (C=N–C) groups is 1. The largest absolute Gasteiger partial charge is 0.484 e. The number of benzene rings is 1. The molecule has 1 N–H and O–H groups in total. The maximum Gasteiger partial charge on any atom is 0.311 e. The predicted molar refractivity (Wildman–Crippen MR) is 81.2 cm³/mol. The zero-order valence-corrected chi connectivity index (χ0v) is 12.5. The molecule has 0 spiro atoms. The first-order chi connectivity index (χ1) is 11.1. The molecule has 1 aromatic carbocycles. The van der Waals surface area contributed by atoms with Crippen LogP contribution in [0.15, 0.2) is 23.2 Å². The average Bonchev–Trinajstić information content (AvgIpc) is 2.56. The molecule has 0 bridgehead atoms. The number of rotatable bonds is 11. The van der Waals surface area contributed by atoms with E-state index in [9.17, 15) is 14.9 Å². The maximum atomic E-state index is 11.6. The van der Waals surface area contributed by atoms with Crippen LogP contribution in [-0.4, -0.2) is 62.3 Å². The van der Waals surface area contributed by atoms with E-state index in [2.05, 4.69) is 11.7 Å². The van der Waals surface area contributed by atoms with Gasteiger partial charge in [0.2, 0.25) is 5.75 Å². The van der Waals surface area contributed by atoms with E-state index in [-0.39, 0.29) is 43.4 Å². The van der Waals surface area contributed by atoms with Crippen LogP contribution in [0.3, 0.4) is 0 Å². The number of hydrogen-bond donors (Lipinski definition) is 1. The first-order valence-electron chi connectivity index (χ1n) is 6.79. The van der Waals surface area contributed by atoms with Crippen LogP contribution in [0.1, 0.15) is 10.4 Å². The smallest absolute Gasteiger partial charge is 0.311 e. The summed E-state index contributed by atoms with van der Waals surface area (Å²) < 4.78 is 15.5. The Morgan fingerprint density at radius 1 is 1.22 bits per heavy atom. The van der Waals surface area contributed by atoms with Crippen LogP contribution in [0.2, 0.25) is 0 Å². The van der Waals surface area contributed by atoms with Crippen molar-refractivity contribution in [3.63, 3.8) is 0 Å². The van der Waals surface area contributed by atoms with Crippen LogP contribution >= 0.6 is 0 Å². The van der Waals surface area contributed by atoms with E-state index in [0.717, 1.165) is 0 Å². The van der Waals surface area contributed by atoms with Gasteiger partial charge < -0.3 is 19.3 Å². The van der Waals surface area contributed by atoms with Gasteiger partial charge in [-0.25, -0.2) is 4.99 Å². The second kappa shape index (κ2) is 10.4. The third-order valence-electron chi connectivity index (χ3n) is 2.65. The fourth-order valence-corrected chi connectivity index (χ4v) is 1.66. The molecule has 0 aliphatic rings. The van der Waals surface area contributed by atoms with Crippen molar-refractivity contribution in [2.45, 2.75) is 0 Å². The van der Waals surface area contributed by atoms with Crippen LogP contribution in [0.5, 0.6) is 5.75 Å². The summed E-state index contributed by atoms with van der Waals surface area (Å²) in [6, 6.07) is 3.99. The van der Waals surface area contributed by atoms with Gasteiger partial charge in [0.15, 0.2) is 0 Å². The van der Waals surface area contributed by atoms with E-state index >= 15 is 0 Å². The maximum absolute atomic E-state index is 11.6. The summed E-state index contributed by atoms with van der Waals surface area (Å²) in [6.45, 7) is 4.07. The number of para-hydroxylation sites is 1. The molecule has 0 fully saturated rings. The number of aliphatic hydroxyl groups excluding tert-OH is 1. The Hall–Kier alpha value is -2.36. The summed E-state index contributed by atoms with van der Waals surface area (Å²) in [5, 5.41) is 19.5. The standard InChI is InChI=1S/C14H18N2O7/c1-15-14(18)11-3-2-4-12(16(19)20)13(11)23-10-9-22-8-7-21-6-5-17/h2-4,17H,1,5-10H2. The van der Waals surface area contributed by atoms with Crippen LogP contribution in [0.25, 0.3) is 0 Å². The van der Waals surface area contributed by atoms with Gasteiger partial charge in [-0.2, -0.15) is 0 Å². The van der Waals surface area contributed by atoms with Crippen LogP contribution in [-0.2, 0) is 9.47 Å². The Labute approximate surface area is 132 Å². The lowest BCUT2D eigenvalue weighted by Gasteiger charge is -2.10. The molecule has 1 amide bonds. The molecule has 0 aliphatic heterocycles. The molecule has 23 heavy (non-hydrogen) atoms. The molecule has 1 rings (SSSR count). The number of aliphatic hydroxyl groups is 1. The van der Waals surface area contributed by atoms with Gasteiger partial charge >= 0.3 is 5.69 Å². The molecule has 0 aromatic heterocycles. The van der Waals surface area contributed by atoms with Crippen molar-refractivity contribution in [3.05, 3.63) is 33.9 Å². The van der Waals surface area contributed by atoms with Gasteiger partial charge in [0.25, 0.3) is 5.91 Å². The van der Waals surface area contributed by atoms with Crippen molar-refractivity contribution in [1.29, 1.82) is 0 Å². The lowest BCUT2D eigenvalue weighted by Crippen LogP contribution is -2.13. The fraction of sp³-hybridized carbons (Fsp3) is 0.429. The zero-order valence-electron chi connectivity index (χ0n) is 12.5. The van der Waals surface area contributed by atoms with Gasteiger partial charge in [0, 0.05) is 6.07 Å². The Balaban J connectivity index is 2.59. The minimum absolute atomic E-state index is 0.0161. The number of nitro groups is 1. The Morgan fingerprint density at radius 3 is 2.48 bits per heavy atom. The Morgan fingerprint density at radius 2 is 1.87 bits per heavy atom. The van der Waals surface area contributed by atoms with Crippen molar-refractivity contribution in [1.82, 2.24) is 0 Å². The summed E-state index contributed by atoms with van der Waals surface area (Å²) in [5.41, 5.74) is -0.355. The third kappa shape index (κ3) is 6.10. The highest BCUT2D eigenvalue weighted by Gasteiger charge is 2.22. The average molecular weight is 326 g/mol. The lowest BCUT2D eigenvalue weighted by atomic mass is 10.1.